The minimum atomic E-state index is -4.77. The zero-order chi connectivity index (χ0) is 33.7. The van der Waals surface area contributed by atoms with E-state index in [1.165, 1.54) is 30.1 Å². The van der Waals surface area contributed by atoms with E-state index in [2.05, 4.69) is 31.0 Å². The molecule has 2 atom stereocenters. The van der Waals surface area contributed by atoms with Gasteiger partial charge in [-0.25, -0.2) is 4.98 Å². The third-order valence-corrected chi connectivity index (χ3v) is 7.19. The standard InChI is InChI=1S/C28H31F3N7O4P.C2H6O/c1-3-42-43-16-17-4-7-20(8-5-17)35-27-33-12-23(28(29,30)31)25(37-27)36-24-9-6-18(10-22(24)26(41)32-2)19-11-34-38(13-19)14-21(40)15-39;1-2-3/h4-13,21,39-40,43H,3,14-16H2,1-2H3,(H,32,41)(H2,33,35,36,37);3H,2H2,1H3. The summed E-state index contributed by atoms with van der Waals surface area (Å²) in [6.07, 6.45) is -1.22. The Morgan fingerprint density at radius 3 is 2.41 bits per heavy atom. The molecule has 0 spiro atoms. The van der Waals surface area contributed by atoms with Crippen LogP contribution in [0.15, 0.2) is 61.1 Å². The highest BCUT2D eigenvalue weighted by atomic mass is 31.1. The number of aromatic nitrogens is 4. The van der Waals surface area contributed by atoms with Crippen molar-refractivity contribution in [2.24, 2.45) is 0 Å². The molecule has 0 aliphatic rings. The first-order chi connectivity index (χ1) is 22.0. The molecule has 12 nitrogen and oxygen atoms in total. The number of rotatable bonds is 13. The fourth-order valence-electron chi connectivity index (χ4n) is 3.99. The van der Waals surface area contributed by atoms with Crippen LogP contribution in [0.4, 0.5) is 36.3 Å². The second-order valence-electron chi connectivity index (χ2n) is 9.60. The lowest BCUT2D eigenvalue weighted by Crippen LogP contribution is -2.20. The van der Waals surface area contributed by atoms with E-state index >= 15 is 0 Å². The summed E-state index contributed by atoms with van der Waals surface area (Å²) >= 11 is 0. The normalized spacial score (nSPS) is 12.0. The second-order valence-corrected chi connectivity index (χ2v) is 10.5. The number of anilines is 4. The molecule has 0 fully saturated rings. The van der Waals surface area contributed by atoms with Crippen LogP contribution in [-0.4, -0.2) is 73.9 Å². The number of nitrogens with zero attached hydrogens (tertiary/aromatic N) is 4. The largest absolute Gasteiger partial charge is 0.421 e. The second kappa shape index (κ2) is 17.5. The van der Waals surface area contributed by atoms with Crippen LogP contribution in [0.5, 0.6) is 0 Å². The van der Waals surface area contributed by atoms with E-state index in [9.17, 15) is 23.1 Å². The highest BCUT2D eigenvalue weighted by Crippen LogP contribution is 2.36. The molecule has 46 heavy (non-hydrogen) atoms. The van der Waals surface area contributed by atoms with Gasteiger partial charge in [-0.05, 0) is 49.2 Å². The fourth-order valence-corrected chi connectivity index (χ4v) is 4.69. The zero-order valence-corrected chi connectivity index (χ0v) is 26.5. The number of aliphatic hydroxyl groups excluding tert-OH is 3. The zero-order valence-electron chi connectivity index (χ0n) is 25.5. The van der Waals surface area contributed by atoms with Crippen molar-refractivity contribution >= 4 is 37.9 Å². The molecule has 6 N–H and O–H groups in total. The van der Waals surface area contributed by atoms with Gasteiger partial charge in [0.15, 0.2) is 0 Å². The highest BCUT2D eigenvalue weighted by Gasteiger charge is 2.35. The molecule has 4 rings (SSSR count). The van der Waals surface area contributed by atoms with Crippen LogP contribution in [0.3, 0.4) is 0 Å². The van der Waals surface area contributed by atoms with Crippen molar-refractivity contribution in [3.63, 3.8) is 0 Å². The number of nitrogens with one attached hydrogen (secondary N) is 3. The van der Waals surface area contributed by atoms with E-state index in [0.717, 1.165) is 11.7 Å². The average molecular weight is 664 g/mol. The molecule has 0 radical (unpaired) electrons. The van der Waals surface area contributed by atoms with Gasteiger partial charge in [0, 0.05) is 58.9 Å². The molecule has 248 valence electrons. The van der Waals surface area contributed by atoms with Gasteiger partial charge in [0.25, 0.3) is 5.91 Å². The van der Waals surface area contributed by atoms with E-state index in [1.54, 1.807) is 31.3 Å². The quantitative estimate of drug-likeness (QED) is 0.0873. The van der Waals surface area contributed by atoms with E-state index in [0.29, 0.717) is 38.4 Å². The maximum absolute atomic E-state index is 13.9. The lowest BCUT2D eigenvalue weighted by Gasteiger charge is -2.17. The lowest BCUT2D eigenvalue weighted by molar-refractivity contribution is -0.137. The summed E-state index contributed by atoms with van der Waals surface area (Å²) in [5, 5.41) is 38.6. The van der Waals surface area contributed by atoms with Crippen molar-refractivity contribution in [3.8, 4) is 11.1 Å². The molecule has 0 saturated carbocycles. The van der Waals surface area contributed by atoms with Gasteiger partial charge in [0.1, 0.15) is 11.4 Å². The molecule has 0 saturated heterocycles. The molecule has 0 bridgehead atoms. The highest BCUT2D eigenvalue weighted by molar-refractivity contribution is 7.31. The molecule has 16 heteroatoms. The summed E-state index contributed by atoms with van der Waals surface area (Å²) in [4.78, 5) is 20.7. The van der Waals surface area contributed by atoms with Crippen molar-refractivity contribution in [1.29, 1.82) is 0 Å². The maximum Gasteiger partial charge on any atom is 0.421 e. The first kappa shape index (κ1) is 36.3. The van der Waals surface area contributed by atoms with Gasteiger partial charge in [-0.15, -0.1) is 0 Å². The van der Waals surface area contributed by atoms with Crippen molar-refractivity contribution in [2.75, 3.05) is 37.5 Å². The van der Waals surface area contributed by atoms with Gasteiger partial charge in [-0.3, -0.25) is 9.48 Å². The molecule has 1 amide bonds. The number of hydrogen-bond acceptors (Lipinski definition) is 10. The molecular formula is C30H37F3N7O5P. The molecular weight excluding hydrogens is 626 g/mol. The van der Waals surface area contributed by atoms with Crippen LogP contribution in [-0.2, 0) is 23.4 Å². The Kier molecular flexibility index (Phi) is 13.8. The predicted octanol–water partition coefficient (Wildman–Crippen LogP) is 4.69. The first-order valence-corrected chi connectivity index (χ1v) is 15.3. The Labute approximate surface area is 265 Å². The third kappa shape index (κ3) is 10.5. The fraction of sp³-hybridized carbons (Fsp3) is 0.333. The van der Waals surface area contributed by atoms with Gasteiger partial charge in [-0.1, -0.05) is 18.2 Å². The number of carbonyl (C=O) groups excluding carboxylic acids is 1. The topological polar surface area (TPSA) is 167 Å². The van der Waals surface area contributed by atoms with Gasteiger partial charge in [-0.2, -0.15) is 23.3 Å². The third-order valence-electron chi connectivity index (χ3n) is 6.15. The molecule has 0 aliphatic carbocycles. The number of halogens is 3. The van der Waals surface area contributed by atoms with Gasteiger partial charge >= 0.3 is 6.18 Å². The van der Waals surface area contributed by atoms with Crippen LogP contribution in [0.1, 0.15) is 35.3 Å². The number of benzene rings is 2. The molecule has 2 heterocycles. The number of carbonyl (C=O) groups is 1. The number of hydrogen-bond donors (Lipinski definition) is 6. The summed E-state index contributed by atoms with van der Waals surface area (Å²) in [5.74, 6) is -1.16. The van der Waals surface area contributed by atoms with Crippen molar-refractivity contribution < 1.29 is 37.8 Å². The van der Waals surface area contributed by atoms with Gasteiger partial charge < -0.3 is 35.8 Å². The monoisotopic (exact) mass is 663 g/mol. The van der Waals surface area contributed by atoms with Crippen molar-refractivity contribution in [3.05, 3.63) is 77.7 Å². The Morgan fingerprint density at radius 2 is 1.78 bits per heavy atom. The number of alkyl halides is 3. The van der Waals surface area contributed by atoms with Crippen LogP contribution in [0.2, 0.25) is 0 Å². The Balaban J connectivity index is 0.00000185. The molecule has 2 aromatic heterocycles. The maximum atomic E-state index is 13.9. The van der Waals surface area contributed by atoms with Crippen LogP contribution in [0, 0.1) is 0 Å². The Morgan fingerprint density at radius 1 is 1.07 bits per heavy atom. The smallest absolute Gasteiger partial charge is 0.397 e. The van der Waals surface area contributed by atoms with E-state index in [-0.39, 0.29) is 30.4 Å². The van der Waals surface area contributed by atoms with Gasteiger partial charge in [0.05, 0.1) is 36.7 Å². The molecule has 4 aromatic rings. The van der Waals surface area contributed by atoms with Crippen LogP contribution in [0.25, 0.3) is 11.1 Å². The number of amides is 1. The van der Waals surface area contributed by atoms with Crippen LogP contribution < -0.4 is 16.0 Å². The van der Waals surface area contributed by atoms with Crippen molar-refractivity contribution in [1.82, 2.24) is 25.1 Å². The summed E-state index contributed by atoms with van der Waals surface area (Å²) in [6.45, 7) is 4.12. The summed E-state index contributed by atoms with van der Waals surface area (Å²) < 4.78 is 48.6. The minimum Gasteiger partial charge on any atom is -0.397 e. The predicted molar refractivity (Wildman–Crippen MR) is 171 cm³/mol. The average Bonchev–Trinajstić information content (AvgIpc) is 3.50. The number of aliphatic hydroxyl groups is 3. The Bertz CT molecular complexity index is 1550. The van der Waals surface area contributed by atoms with Crippen LogP contribution >= 0.6 is 8.81 Å². The summed E-state index contributed by atoms with van der Waals surface area (Å²) in [6, 6.07) is 11.9. The summed E-state index contributed by atoms with van der Waals surface area (Å²) in [5.41, 5.74) is 1.82. The van der Waals surface area contributed by atoms with E-state index < -0.39 is 36.2 Å². The van der Waals surface area contributed by atoms with Gasteiger partial charge in [0.2, 0.25) is 5.95 Å². The molecule has 0 aliphatic heterocycles. The SMILES string of the molecule is CCO.CCOPCc1ccc(Nc2ncc(C(F)(F)F)c(Nc3ccc(-c4cnn(CC(O)CO)c4)cc3C(=O)NC)n2)cc1. The molecule has 2 aromatic carbocycles. The van der Waals surface area contributed by atoms with Crippen molar-refractivity contribution in [2.45, 2.75) is 38.8 Å². The lowest BCUT2D eigenvalue weighted by atomic mass is 10.0. The van der Waals surface area contributed by atoms with E-state index in [1.807, 2.05) is 19.1 Å². The minimum absolute atomic E-state index is 0.0567. The van der Waals surface area contributed by atoms with E-state index in [4.69, 9.17) is 14.7 Å². The summed E-state index contributed by atoms with van der Waals surface area (Å²) in [7, 11) is 1.74. The first-order valence-electron chi connectivity index (χ1n) is 14.2. The molecule has 2 unspecified atom stereocenters. The Hall–Kier alpha value is -4.14.